The summed E-state index contributed by atoms with van der Waals surface area (Å²) >= 11 is 0. The van der Waals surface area contributed by atoms with Crippen LogP contribution < -0.4 is 4.74 Å². The predicted molar refractivity (Wildman–Crippen MR) is 108 cm³/mol. The molecule has 0 radical (unpaired) electrons. The Labute approximate surface area is 165 Å². The maximum atomic E-state index is 12.3. The normalized spacial score (nSPS) is 12.1. The van der Waals surface area contributed by atoms with E-state index in [-0.39, 0.29) is 33.9 Å². The van der Waals surface area contributed by atoms with Crippen LogP contribution in [0.4, 0.5) is 0 Å². The first kappa shape index (κ1) is 23.0. The molecular weight excluding hydrogens is 360 g/mol. The van der Waals surface area contributed by atoms with E-state index in [1.807, 2.05) is 19.9 Å². The number of ether oxygens (including phenoxy) is 2. The van der Waals surface area contributed by atoms with Gasteiger partial charge in [-0.05, 0) is 46.3 Å². The standard InChI is InChI=1S/C22H28O6/c1-8-13(4)22(26)28-19(10-9-12(2)3)14(5)17-11-18(24)15(6)20(25)21(17)27-16(7)23/h8-9,11,19,24-25H,5,10H2,1-4,6-7H3/b13-8-/t19-/m0/s1. The van der Waals surface area contributed by atoms with Crippen LogP contribution in [0.5, 0.6) is 17.2 Å². The fourth-order valence-corrected chi connectivity index (χ4v) is 2.33. The molecule has 2 N–H and O–H groups in total. The number of phenols is 2. The van der Waals surface area contributed by atoms with Crippen LogP contribution in [0.2, 0.25) is 0 Å². The molecule has 0 unspecified atom stereocenters. The molecule has 0 aliphatic rings. The molecule has 0 aliphatic carbocycles. The topological polar surface area (TPSA) is 93.1 Å². The summed E-state index contributed by atoms with van der Waals surface area (Å²) in [4.78, 5) is 23.8. The molecule has 1 rings (SSSR count). The van der Waals surface area contributed by atoms with Gasteiger partial charge >= 0.3 is 11.9 Å². The number of hydrogen-bond acceptors (Lipinski definition) is 6. The van der Waals surface area contributed by atoms with Crippen molar-refractivity contribution < 1.29 is 29.3 Å². The Morgan fingerprint density at radius 1 is 1.21 bits per heavy atom. The molecule has 0 aliphatic heterocycles. The van der Waals surface area contributed by atoms with Gasteiger partial charge in [-0.25, -0.2) is 4.79 Å². The number of esters is 2. The van der Waals surface area contributed by atoms with Crippen molar-refractivity contribution in [2.24, 2.45) is 0 Å². The largest absolute Gasteiger partial charge is 0.508 e. The molecule has 0 heterocycles. The van der Waals surface area contributed by atoms with Gasteiger partial charge in [0.1, 0.15) is 11.9 Å². The molecule has 0 amide bonds. The summed E-state index contributed by atoms with van der Waals surface area (Å²) in [6, 6.07) is 1.33. The third-order valence-electron chi connectivity index (χ3n) is 4.21. The van der Waals surface area contributed by atoms with E-state index < -0.39 is 18.0 Å². The summed E-state index contributed by atoms with van der Waals surface area (Å²) in [5.41, 5.74) is 2.09. The lowest BCUT2D eigenvalue weighted by atomic mass is 9.96. The average molecular weight is 388 g/mol. The fourth-order valence-electron chi connectivity index (χ4n) is 2.33. The van der Waals surface area contributed by atoms with E-state index in [0.717, 1.165) is 5.57 Å². The van der Waals surface area contributed by atoms with Gasteiger partial charge in [-0.2, -0.15) is 0 Å². The summed E-state index contributed by atoms with van der Waals surface area (Å²) in [5.74, 6) is -1.85. The maximum absolute atomic E-state index is 12.3. The van der Waals surface area contributed by atoms with Crippen LogP contribution in [0.15, 0.2) is 35.9 Å². The minimum Gasteiger partial charge on any atom is -0.508 e. The van der Waals surface area contributed by atoms with Crippen LogP contribution in [0.3, 0.4) is 0 Å². The zero-order valence-corrected chi connectivity index (χ0v) is 17.3. The minimum absolute atomic E-state index is 0.131. The van der Waals surface area contributed by atoms with Gasteiger partial charge in [0.2, 0.25) is 0 Å². The molecule has 6 nitrogen and oxygen atoms in total. The number of benzene rings is 1. The number of hydrogen-bond donors (Lipinski definition) is 2. The lowest BCUT2D eigenvalue weighted by Crippen LogP contribution is -2.20. The van der Waals surface area contributed by atoms with Crippen LogP contribution in [0, 0.1) is 6.92 Å². The lowest BCUT2D eigenvalue weighted by molar-refractivity contribution is -0.141. The van der Waals surface area contributed by atoms with Gasteiger partial charge in [0.25, 0.3) is 0 Å². The van der Waals surface area contributed by atoms with E-state index in [1.165, 1.54) is 19.9 Å². The zero-order chi connectivity index (χ0) is 21.6. The van der Waals surface area contributed by atoms with Crippen LogP contribution in [-0.4, -0.2) is 28.3 Å². The number of rotatable bonds is 7. The number of carbonyl (C=O) groups is 2. The summed E-state index contributed by atoms with van der Waals surface area (Å²) in [6.07, 6.45) is 3.07. The van der Waals surface area contributed by atoms with E-state index in [4.69, 9.17) is 9.47 Å². The smallest absolute Gasteiger partial charge is 0.333 e. The van der Waals surface area contributed by atoms with E-state index in [9.17, 15) is 19.8 Å². The van der Waals surface area contributed by atoms with Crippen molar-refractivity contribution >= 4 is 17.5 Å². The second kappa shape index (κ2) is 9.78. The molecule has 1 atom stereocenters. The van der Waals surface area contributed by atoms with Gasteiger partial charge in [-0.15, -0.1) is 0 Å². The summed E-state index contributed by atoms with van der Waals surface area (Å²) < 4.78 is 10.7. The molecule has 0 bridgehead atoms. The first-order valence-corrected chi connectivity index (χ1v) is 8.89. The Kier molecular flexibility index (Phi) is 8.04. The van der Waals surface area contributed by atoms with Crippen molar-refractivity contribution in [1.29, 1.82) is 0 Å². The van der Waals surface area contributed by atoms with Crippen molar-refractivity contribution in [2.45, 2.75) is 54.1 Å². The molecule has 0 saturated heterocycles. The number of phenolic OH excluding ortho intramolecular Hbond substituents is 2. The van der Waals surface area contributed by atoms with Gasteiger partial charge in [0.05, 0.1) is 0 Å². The van der Waals surface area contributed by atoms with Gasteiger partial charge in [0, 0.05) is 30.0 Å². The average Bonchev–Trinajstić information content (AvgIpc) is 2.63. The predicted octanol–water partition coefficient (Wildman–Crippen LogP) is 4.58. The number of aromatic hydroxyl groups is 2. The zero-order valence-electron chi connectivity index (χ0n) is 17.3. The maximum Gasteiger partial charge on any atom is 0.333 e. The Hall–Kier alpha value is -3.02. The van der Waals surface area contributed by atoms with E-state index in [2.05, 4.69) is 6.58 Å². The van der Waals surface area contributed by atoms with Crippen LogP contribution in [0.25, 0.3) is 5.57 Å². The highest BCUT2D eigenvalue weighted by Gasteiger charge is 2.26. The van der Waals surface area contributed by atoms with Crippen molar-refractivity contribution in [3.63, 3.8) is 0 Å². The molecule has 0 spiro atoms. The van der Waals surface area contributed by atoms with Gasteiger partial charge in [-0.3, -0.25) is 4.79 Å². The molecule has 0 aromatic heterocycles. The molecule has 1 aromatic carbocycles. The van der Waals surface area contributed by atoms with Gasteiger partial charge in [-0.1, -0.05) is 24.3 Å². The summed E-state index contributed by atoms with van der Waals surface area (Å²) in [6.45, 7) is 13.8. The second-order valence-corrected chi connectivity index (χ2v) is 6.75. The first-order chi connectivity index (χ1) is 13.0. The first-order valence-electron chi connectivity index (χ1n) is 8.89. The highest BCUT2D eigenvalue weighted by atomic mass is 16.5. The third kappa shape index (κ3) is 5.74. The van der Waals surface area contributed by atoms with Gasteiger partial charge in [0.15, 0.2) is 11.5 Å². The van der Waals surface area contributed by atoms with Crippen molar-refractivity contribution in [3.8, 4) is 17.2 Å². The third-order valence-corrected chi connectivity index (χ3v) is 4.21. The van der Waals surface area contributed by atoms with Crippen LogP contribution >= 0.6 is 0 Å². The highest BCUT2D eigenvalue weighted by molar-refractivity contribution is 5.89. The quantitative estimate of drug-likeness (QED) is 0.307. The second-order valence-electron chi connectivity index (χ2n) is 6.75. The fraction of sp³-hybridized carbons (Fsp3) is 0.364. The molecule has 152 valence electrons. The van der Waals surface area contributed by atoms with Crippen LogP contribution in [-0.2, 0) is 14.3 Å². The molecule has 0 saturated carbocycles. The monoisotopic (exact) mass is 388 g/mol. The Morgan fingerprint density at radius 3 is 2.32 bits per heavy atom. The van der Waals surface area contributed by atoms with Crippen molar-refractivity contribution in [1.82, 2.24) is 0 Å². The van der Waals surface area contributed by atoms with E-state index >= 15 is 0 Å². The van der Waals surface area contributed by atoms with Crippen molar-refractivity contribution in [2.75, 3.05) is 0 Å². The molecule has 6 heteroatoms. The molecule has 28 heavy (non-hydrogen) atoms. The molecule has 1 aromatic rings. The summed E-state index contributed by atoms with van der Waals surface area (Å²) in [5, 5.41) is 20.5. The number of carbonyl (C=O) groups excluding carboxylic acids is 2. The lowest BCUT2D eigenvalue weighted by Gasteiger charge is -2.22. The summed E-state index contributed by atoms with van der Waals surface area (Å²) in [7, 11) is 0. The minimum atomic E-state index is -0.784. The van der Waals surface area contributed by atoms with E-state index in [0.29, 0.717) is 12.0 Å². The Balaban J connectivity index is 3.46. The SMILES string of the molecule is C=C(c1cc(O)c(C)c(O)c1OC(C)=O)[C@H](CC=C(C)C)OC(=O)/C(C)=C\C. The highest BCUT2D eigenvalue weighted by Crippen LogP contribution is 2.43. The van der Waals surface area contributed by atoms with Crippen molar-refractivity contribution in [3.05, 3.63) is 47.1 Å². The number of allylic oxidation sites excluding steroid dienone is 2. The Morgan fingerprint density at radius 2 is 1.82 bits per heavy atom. The van der Waals surface area contributed by atoms with Crippen LogP contribution in [0.1, 0.15) is 52.2 Å². The van der Waals surface area contributed by atoms with E-state index in [1.54, 1.807) is 19.9 Å². The van der Waals surface area contributed by atoms with Gasteiger partial charge < -0.3 is 19.7 Å². The Bertz CT molecular complexity index is 841. The molecule has 0 fully saturated rings. The molecular formula is C22H28O6.